The van der Waals surface area contributed by atoms with E-state index in [1.54, 1.807) is 24.3 Å². The second kappa shape index (κ2) is 4.14. The highest BCUT2D eigenvalue weighted by Crippen LogP contribution is 2.25. The van der Waals surface area contributed by atoms with Crippen LogP contribution in [-0.4, -0.2) is 18.4 Å². The van der Waals surface area contributed by atoms with E-state index in [0.29, 0.717) is 10.7 Å². The largest absolute Gasteiger partial charge is 0.550 e. The molecule has 0 spiro atoms. The van der Waals surface area contributed by atoms with Gasteiger partial charge in [0.05, 0.1) is 0 Å². The lowest BCUT2D eigenvalue weighted by Crippen LogP contribution is -2.33. The van der Waals surface area contributed by atoms with Crippen LogP contribution in [0, 0.1) is 5.92 Å². The van der Waals surface area contributed by atoms with Gasteiger partial charge in [0.25, 0.3) is 0 Å². The van der Waals surface area contributed by atoms with Gasteiger partial charge in [-0.25, -0.2) is 0 Å². The van der Waals surface area contributed by atoms with Crippen LogP contribution in [0.4, 0.5) is 5.69 Å². The standard InChI is InChI=1S/C11H10ClNO3/c12-8-1-3-9(4-2-8)13-6-7(11(15)16)5-10(13)14/h1-4,7H,5-6H2,(H,15,16)/p-1/t7-/m0/s1. The number of carboxylic acids is 1. The number of carbonyl (C=O) groups excluding carboxylic acids is 2. The molecule has 1 atom stereocenters. The van der Waals surface area contributed by atoms with E-state index in [2.05, 4.69) is 0 Å². The van der Waals surface area contributed by atoms with E-state index >= 15 is 0 Å². The molecule has 1 heterocycles. The van der Waals surface area contributed by atoms with Crippen LogP contribution in [0.15, 0.2) is 24.3 Å². The molecule has 0 bridgehead atoms. The Morgan fingerprint density at radius 3 is 2.50 bits per heavy atom. The lowest BCUT2D eigenvalue weighted by molar-refractivity contribution is -0.310. The van der Waals surface area contributed by atoms with E-state index < -0.39 is 11.9 Å². The van der Waals surface area contributed by atoms with Crippen molar-refractivity contribution in [3.63, 3.8) is 0 Å². The van der Waals surface area contributed by atoms with Crippen LogP contribution in [0.1, 0.15) is 6.42 Å². The molecule has 84 valence electrons. The van der Waals surface area contributed by atoms with Gasteiger partial charge in [-0.3, -0.25) is 4.79 Å². The third-order valence-electron chi connectivity index (χ3n) is 2.60. The molecule has 2 rings (SSSR count). The molecule has 1 aliphatic heterocycles. The van der Waals surface area contributed by atoms with Crippen molar-refractivity contribution in [3.05, 3.63) is 29.3 Å². The van der Waals surface area contributed by atoms with Gasteiger partial charge in [0.2, 0.25) is 5.91 Å². The number of carboxylic acid groups (broad SMARTS) is 1. The molecule has 16 heavy (non-hydrogen) atoms. The third kappa shape index (κ3) is 2.02. The van der Waals surface area contributed by atoms with Crippen LogP contribution in [0.25, 0.3) is 0 Å². The van der Waals surface area contributed by atoms with Gasteiger partial charge in [-0.15, -0.1) is 0 Å². The summed E-state index contributed by atoms with van der Waals surface area (Å²) in [6, 6.07) is 6.71. The predicted molar refractivity (Wildman–Crippen MR) is 56.9 cm³/mol. The molecule has 1 aromatic rings. The Morgan fingerprint density at radius 2 is 2.00 bits per heavy atom. The number of anilines is 1. The highest BCUT2D eigenvalue weighted by molar-refractivity contribution is 6.30. The first-order valence-corrected chi connectivity index (χ1v) is 5.22. The topological polar surface area (TPSA) is 60.4 Å². The lowest BCUT2D eigenvalue weighted by Gasteiger charge is -2.17. The van der Waals surface area contributed by atoms with Crippen LogP contribution in [0.3, 0.4) is 0 Å². The third-order valence-corrected chi connectivity index (χ3v) is 2.85. The highest BCUT2D eigenvalue weighted by atomic mass is 35.5. The van der Waals surface area contributed by atoms with Crippen molar-refractivity contribution in [2.75, 3.05) is 11.4 Å². The van der Waals surface area contributed by atoms with Crippen LogP contribution in [-0.2, 0) is 9.59 Å². The molecule has 0 radical (unpaired) electrons. The molecular weight excluding hydrogens is 230 g/mol. The number of hydrogen-bond acceptors (Lipinski definition) is 3. The van der Waals surface area contributed by atoms with E-state index in [0.717, 1.165) is 0 Å². The molecule has 5 heteroatoms. The summed E-state index contributed by atoms with van der Waals surface area (Å²) in [7, 11) is 0. The van der Waals surface area contributed by atoms with Crippen molar-refractivity contribution < 1.29 is 14.7 Å². The quantitative estimate of drug-likeness (QED) is 0.751. The minimum atomic E-state index is -1.18. The van der Waals surface area contributed by atoms with Gasteiger partial charge in [-0.1, -0.05) is 11.6 Å². The van der Waals surface area contributed by atoms with Crippen LogP contribution in [0.5, 0.6) is 0 Å². The number of nitrogens with zero attached hydrogens (tertiary/aromatic N) is 1. The second-order valence-corrected chi connectivity index (χ2v) is 4.14. The minimum absolute atomic E-state index is 0.00492. The monoisotopic (exact) mass is 238 g/mol. The summed E-state index contributed by atoms with van der Waals surface area (Å²) < 4.78 is 0. The highest BCUT2D eigenvalue weighted by Gasteiger charge is 2.31. The number of hydrogen-bond donors (Lipinski definition) is 0. The van der Waals surface area contributed by atoms with Crippen molar-refractivity contribution in [2.24, 2.45) is 5.92 Å². The van der Waals surface area contributed by atoms with Gasteiger partial charge in [0, 0.05) is 35.6 Å². The van der Waals surface area contributed by atoms with Gasteiger partial charge >= 0.3 is 0 Å². The second-order valence-electron chi connectivity index (χ2n) is 3.70. The normalized spacial score (nSPS) is 20.2. The Bertz CT molecular complexity index is 429. The van der Waals surface area contributed by atoms with E-state index in [9.17, 15) is 14.7 Å². The molecular formula is C11H9ClNO3-. The first-order chi connectivity index (χ1) is 7.58. The number of benzene rings is 1. The van der Waals surface area contributed by atoms with Gasteiger partial charge in [0.15, 0.2) is 0 Å². The Hall–Kier alpha value is -1.55. The van der Waals surface area contributed by atoms with Crippen LogP contribution < -0.4 is 10.0 Å². The van der Waals surface area contributed by atoms with Gasteiger partial charge in [-0.05, 0) is 24.3 Å². The van der Waals surface area contributed by atoms with Crippen molar-refractivity contribution in [3.8, 4) is 0 Å². The molecule has 1 aliphatic rings. The Morgan fingerprint density at radius 1 is 1.38 bits per heavy atom. The number of aliphatic carboxylic acids is 1. The Balaban J connectivity index is 2.20. The fourth-order valence-electron chi connectivity index (χ4n) is 1.74. The maximum atomic E-state index is 11.6. The van der Waals surface area contributed by atoms with Crippen molar-refractivity contribution >= 4 is 29.2 Å². The van der Waals surface area contributed by atoms with Crippen LogP contribution >= 0.6 is 11.6 Å². The fourth-order valence-corrected chi connectivity index (χ4v) is 1.86. The molecule has 0 saturated carbocycles. The summed E-state index contributed by atoms with van der Waals surface area (Å²) >= 11 is 5.73. The fraction of sp³-hybridized carbons (Fsp3) is 0.273. The van der Waals surface area contributed by atoms with Crippen LogP contribution in [0.2, 0.25) is 5.02 Å². The number of carbonyl (C=O) groups is 2. The zero-order valence-electron chi connectivity index (χ0n) is 8.35. The molecule has 1 amide bonds. The molecule has 0 aromatic heterocycles. The van der Waals surface area contributed by atoms with E-state index in [4.69, 9.17) is 11.6 Å². The van der Waals surface area contributed by atoms with Crippen molar-refractivity contribution in [2.45, 2.75) is 6.42 Å². The van der Waals surface area contributed by atoms with Gasteiger partial charge < -0.3 is 14.8 Å². The van der Waals surface area contributed by atoms with Gasteiger partial charge in [0.1, 0.15) is 0 Å². The molecule has 0 N–H and O–H groups in total. The SMILES string of the molecule is O=C([O-])[C@H]1CC(=O)N(c2ccc(Cl)cc2)C1. The van der Waals surface area contributed by atoms with E-state index in [1.165, 1.54) is 4.90 Å². The summed E-state index contributed by atoms with van der Waals surface area (Å²) in [5.41, 5.74) is 0.665. The first kappa shape index (κ1) is 11.0. The van der Waals surface area contributed by atoms with Crippen molar-refractivity contribution in [1.29, 1.82) is 0 Å². The smallest absolute Gasteiger partial charge is 0.227 e. The summed E-state index contributed by atoms with van der Waals surface area (Å²) in [6.07, 6.45) is 0.00492. The maximum Gasteiger partial charge on any atom is 0.227 e. The van der Waals surface area contributed by atoms with E-state index in [1.807, 2.05) is 0 Å². The summed E-state index contributed by atoms with van der Waals surface area (Å²) in [6.45, 7) is 0.169. The summed E-state index contributed by atoms with van der Waals surface area (Å²) in [5, 5.41) is 11.2. The van der Waals surface area contributed by atoms with E-state index in [-0.39, 0.29) is 18.9 Å². The minimum Gasteiger partial charge on any atom is -0.550 e. The summed E-state index contributed by atoms with van der Waals surface area (Å²) in [5.74, 6) is -2.09. The average molecular weight is 239 g/mol. The maximum absolute atomic E-state index is 11.6. The molecule has 4 nitrogen and oxygen atoms in total. The zero-order valence-corrected chi connectivity index (χ0v) is 9.11. The molecule has 0 aliphatic carbocycles. The first-order valence-electron chi connectivity index (χ1n) is 4.84. The lowest BCUT2D eigenvalue weighted by atomic mass is 10.1. The predicted octanol–water partition coefficient (Wildman–Crippen LogP) is 0.443. The Labute approximate surface area is 97.4 Å². The van der Waals surface area contributed by atoms with Crippen molar-refractivity contribution in [1.82, 2.24) is 0 Å². The molecule has 1 aromatic carbocycles. The van der Waals surface area contributed by atoms with Gasteiger partial charge in [-0.2, -0.15) is 0 Å². The Kier molecular flexibility index (Phi) is 2.83. The average Bonchev–Trinajstić information content (AvgIpc) is 2.62. The molecule has 1 fully saturated rings. The summed E-state index contributed by atoms with van der Waals surface area (Å²) in [4.78, 5) is 23.7. The molecule has 0 unspecified atom stereocenters. The molecule has 1 saturated heterocycles. The number of amides is 1. The number of halogens is 1. The number of rotatable bonds is 2. The zero-order chi connectivity index (χ0) is 11.7.